The van der Waals surface area contributed by atoms with Crippen molar-refractivity contribution in [3.63, 3.8) is 0 Å². The summed E-state index contributed by atoms with van der Waals surface area (Å²) in [5, 5.41) is 5.92. The number of rotatable bonds is 3. The summed E-state index contributed by atoms with van der Waals surface area (Å²) in [6.45, 7) is 0.355. The Balaban J connectivity index is 1.82. The second-order valence-corrected chi connectivity index (χ2v) is 5.65. The van der Waals surface area contributed by atoms with Gasteiger partial charge in [0.15, 0.2) is 0 Å². The molecule has 0 unspecified atom stereocenters. The van der Waals surface area contributed by atoms with Crippen LogP contribution < -0.4 is 5.69 Å². The molecule has 114 valence electrons. The molecule has 9 heteroatoms. The summed E-state index contributed by atoms with van der Waals surface area (Å²) in [6.07, 6.45) is -1.86. The number of nitrogens with one attached hydrogen (secondary N) is 1. The zero-order valence-electron chi connectivity index (χ0n) is 11.0. The molecule has 5 nitrogen and oxygen atoms in total. The number of aromatic nitrogens is 4. The molecule has 3 aromatic heterocycles. The molecule has 0 aliphatic rings. The molecule has 3 rings (SSSR count). The minimum absolute atomic E-state index is 0.314. The standard InChI is InChI=1S/C13H9F3N4OS/c14-13(15,16)11-4-1-8(5-17-11)10-3-2-9(22-10)6-20-7-18-19-12(20)21/h1-5,7H,6H2,(H,19,21). The first kappa shape index (κ1) is 14.5. The van der Waals surface area contributed by atoms with Gasteiger partial charge in [-0.3, -0.25) is 9.55 Å². The summed E-state index contributed by atoms with van der Waals surface area (Å²) in [5.74, 6) is 0. The molecule has 0 aromatic carbocycles. The second-order valence-electron chi connectivity index (χ2n) is 4.49. The van der Waals surface area contributed by atoms with Gasteiger partial charge in [-0.05, 0) is 24.3 Å². The third-order valence-corrected chi connectivity index (χ3v) is 4.06. The summed E-state index contributed by atoms with van der Waals surface area (Å²) in [6, 6.07) is 5.94. The maximum atomic E-state index is 12.5. The summed E-state index contributed by atoms with van der Waals surface area (Å²) in [5.41, 5.74) is -0.632. The van der Waals surface area contributed by atoms with E-state index in [4.69, 9.17) is 0 Å². The highest BCUT2D eigenvalue weighted by molar-refractivity contribution is 7.15. The number of H-pyrrole nitrogens is 1. The van der Waals surface area contributed by atoms with Crippen LogP contribution in [0.25, 0.3) is 10.4 Å². The number of alkyl halides is 3. The highest BCUT2D eigenvalue weighted by Gasteiger charge is 2.32. The predicted molar refractivity (Wildman–Crippen MR) is 74.5 cm³/mol. The second kappa shape index (κ2) is 5.41. The van der Waals surface area contributed by atoms with E-state index in [0.717, 1.165) is 15.8 Å². The van der Waals surface area contributed by atoms with Crippen LogP contribution in [0.15, 0.2) is 41.6 Å². The first-order chi connectivity index (χ1) is 10.4. The van der Waals surface area contributed by atoms with Crippen LogP contribution in [0.2, 0.25) is 0 Å². The van der Waals surface area contributed by atoms with Gasteiger partial charge in [0.2, 0.25) is 0 Å². The lowest BCUT2D eigenvalue weighted by Gasteiger charge is -2.05. The van der Waals surface area contributed by atoms with Gasteiger partial charge in [-0.2, -0.15) is 18.3 Å². The minimum atomic E-state index is -4.44. The molecule has 0 saturated heterocycles. The van der Waals surface area contributed by atoms with Gasteiger partial charge in [-0.25, -0.2) is 9.89 Å². The van der Waals surface area contributed by atoms with E-state index in [1.54, 1.807) is 6.07 Å². The number of halogens is 3. The number of hydrogen-bond donors (Lipinski definition) is 1. The van der Waals surface area contributed by atoms with Gasteiger partial charge < -0.3 is 0 Å². The molecular weight excluding hydrogens is 317 g/mol. The maximum absolute atomic E-state index is 12.5. The molecule has 0 amide bonds. The largest absolute Gasteiger partial charge is 0.433 e. The van der Waals surface area contributed by atoms with Crippen LogP contribution in [0.1, 0.15) is 10.6 Å². The van der Waals surface area contributed by atoms with Gasteiger partial charge in [0.1, 0.15) is 12.0 Å². The lowest BCUT2D eigenvalue weighted by molar-refractivity contribution is -0.141. The third kappa shape index (κ3) is 2.93. The smallest absolute Gasteiger partial charge is 0.276 e. The normalized spacial score (nSPS) is 11.8. The Labute approximate surface area is 126 Å². The van der Waals surface area contributed by atoms with Crippen LogP contribution in [0.5, 0.6) is 0 Å². The van der Waals surface area contributed by atoms with Crippen molar-refractivity contribution in [3.8, 4) is 10.4 Å². The molecule has 0 fully saturated rings. The molecule has 0 aliphatic carbocycles. The van der Waals surface area contributed by atoms with Crippen molar-refractivity contribution in [1.82, 2.24) is 19.7 Å². The van der Waals surface area contributed by atoms with Gasteiger partial charge in [0, 0.05) is 21.5 Å². The molecule has 0 aliphatic heterocycles. The number of aromatic amines is 1. The molecule has 0 spiro atoms. The van der Waals surface area contributed by atoms with Gasteiger partial charge in [-0.1, -0.05) is 0 Å². The summed E-state index contributed by atoms with van der Waals surface area (Å²) in [7, 11) is 0. The Morgan fingerprint density at radius 1 is 1.23 bits per heavy atom. The molecule has 0 atom stereocenters. The number of pyridine rings is 1. The molecule has 0 radical (unpaired) electrons. The lowest BCUT2D eigenvalue weighted by atomic mass is 10.2. The predicted octanol–water partition coefficient (Wildman–Crippen LogP) is 2.76. The molecule has 1 N–H and O–H groups in total. The van der Waals surface area contributed by atoms with Crippen molar-refractivity contribution in [2.75, 3.05) is 0 Å². The van der Waals surface area contributed by atoms with Gasteiger partial charge in [0.25, 0.3) is 0 Å². The van der Waals surface area contributed by atoms with E-state index < -0.39 is 11.9 Å². The molecular formula is C13H9F3N4OS. The monoisotopic (exact) mass is 326 g/mol. The zero-order valence-corrected chi connectivity index (χ0v) is 11.8. The van der Waals surface area contributed by atoms with Crippen molar-refractivity contribution in [1.29, 1.82) is 0 Å². The van der Waals surface area contributed by atoms with Gasteiger partial charge in [-0.15, -0.1) is 11.3 Å². The van der Waals surface area contributed by atoms with E-state index >= 15 is 0 Å². The molecule has 0 bridgehead atoms. The lowest BCUT2D eigenvalue weighted by Crippen LogP contribution is -2.16. The topological polar surface area (TPSA) is 63.6 Å². The van der Waals surface area contributed by atoms with Crippen molar-refractivity contribution in [3.05, 3.63) is 57.8 Å². The Hall–Kier alpha value is -2.42. The highest BCUT2D eigenvalue weighted by atomic mass is 32.1. The molecule has 22 heavy (non-hydrogen) atoms. The first-order valence-corrected chi connectivity index (χ1v) is 6.97. The van der Waals surface area contributed by atoms with Crippen LogP contribution in [0.4, 0.5) is 13.2 Å². The number of nitrogens with zero attached hydrogens (tertiary/aromatic N) is 3. The van der Waals surface area contributed by atoms with E-state index in [1.807, 2.05) is 6.07 Å². The fraction of sp³-hybridized carbons (Fsp3) is 0.154. The van der Waals surface area contributed by atoms with E-state index in [9.17, 15) is 18.0 Å². The van der Waals surface area contributed by atoms with Crippen LogP contribution in [-0.4, -0.2) is 19.7 Å². The van der Waals surface area contributed by atoms with Gasteiger partial charge >= 0.3 is 11.9 Å². The Bertz CT molecular complexity index is 832. The average Bonchev–Trinajstić information content (AvgIpc) is 3.09. The fourth-order valence-corrected chi connectivity index (χ4v) is 2.87. The Kier molecular flexibility index (Phi) is 3.57. The summed E-state index contributed by atoms with van der Waals surface area (Å²) < 4.78 is 38.8. The fourth-order valence-electron chi connectivity index (χ4n) is 1.88. The van der Waals surface area contributed by atoms with Crippen LogP contribution in [-0.2, 0) is 12.7 Å². The molecule has 3 aromatic rings. The van der Waals surface area contributed by atoms with E-state index in [1.165, 1.54) is 34.5 Å². The Morgan fingerprint density at radius 2 is 2.05 bits per heavy atom. The van der Waals surface area contributed by atoms with Crippen molar-refractivity contribution >= 4 is 11.3 Å². The van der Waals surface area contributed by atoms with Crippen LogP contribution in [0, 0.1) is 0 Å². The maximum Gasteiger partial charge on any atom is 0.433 e. The van der Waals surface area contributed by atoms with E-state index in [2.05, 4.69) is 15.2 Å². The molecule has 3 heterocycles. The van der Waals surface area contributed by atoms with Crippen LogP contribution >= 0.6 is 11.3 Å². The van der Waals surface area contributed by atoms with Gasteiger partial charge in [0.05, 0.1) is 6.54 Å². The Morgan fingerprint density at radius 3 is 2.64 bits per heavy atom. The zero-order chi connectivity index (χ0) is 15.7. The van der Waals surface area contributed by atoms with E-state index in [-0.39, 0.29) is 5.69 Å². The van der Waals surface area contributed by atoms with Crippen molar-refractivity contribution in [2.24, 2.45) is 0 Å². The minimum Gasteiger partial charge on any atom is -0.276 e. The summed E-state index contributed by atoms with van der Waals surface area (Å²) >= 11 is 1.38. The third-order valence-electron chi connectivity index (χ3n) is 2.94. The number of hydrogen-bond acceptors (Lipinski definition) is 4. The quantitative estimate of drug-likeness (QED) is 0.805. The summed E-state index contributed by atoms with van der Waals surface area (Å²) in [4.78, 5) is 16.5. The average molecular weight is 326 g/mol. The van der Waals surface area contributed by atoms with Crippen molar-refractivity contribution in [2.45, 2.75) is 12.7 Å². The SMILES string of the molecule is O=c1[nH]ncn1Cc1ccc(-c2ccc(C(F)(F)F)nc2)s1. The van der Waals surface area contributed by atoms with E-state index in [0.29, 0.717) is 12.1 Å². The van der Waals surface area contributed by atoms with Crippen molar-refractivity contribution < 1.29 is 13.2 Å². The highest BCUT2D eigenvalue weighted by Crippen LogP contribution is 2.31. The first-order valence-electron chi connectivity index (χ1n) is 6.15. The molecule has 0 saturated carbocycles. The number of thiophene rings is 1. The van der Waals surface area contributed by atoms with Crippen LogP contribution in [0.3, 0.4) is 0 Å².